The number of carbonyl (C=O) groups excluding carboxylic acids is 1. The maximum absolute atomic E-state index is 11.6. The standard InChI is InChI=1S/C23H32O2S/c1-7-20(22-12-16(2)14-26-22)10-8-19-9-11-21(17(3)13-19)25-15-23(5,6)18(4)24/h9,11-14,20H,7-8,10,15H2,1-6H3. The van der Waals surface area contributed by atoms with Crippen molar-refractivity contribution in [3.63, 3.8) is 0 Å². The first-order valence-corrected chi connectivity index (χ1v) is 10.4. The molecule has 0 bridgehead atoms. The molecule has 3 heteroatoms. The Morgan fingerprint density at radius 1 is 1.23 bits per heavy atom. The van der Waals surface area contributed by atoms with Gasteiger partial charge in [0.1, 0.15) is 18.1 Å². The van der Waals surface area contributed by atoms with E-state index in [9.17, 15) is 4.79 Å². The van der Waals surface area contributed by atoms with E-state index in [1.54, 1.807) is 6.92 Å². The van der Waals surface area contributed by atoms with E-state index in [4.69, 9.17) is 4.74 Å². The fourth-order valence-corrected chi connectivity index (χ4v) is 4.07. The van der Waals surface area contributed by atoms with Crippen LogP contribution in [0.1, 0.15) is 68.0 Å². The molecule has 1 heterocycles. The minimum absolute atomic E-state index is 0.154. The molecule has 0 spiro atoms. The molecule has 1 aromatic carbocycles. The van der Waals surface area contributed by atoms with E-state index in [1.165, 1.54) is 28.8 Å². The lowest BCUT2D eigenvalue weighted by Crippen LogP contribution is -2.29. The van der Waals surface area contributed by atoms with E-state index in [2.05, 4.69) is 50.4 Å². The third-order valence-corrected chi connectivity index (χ3v) is 6.42. The second-order valence-electron chi connectivity index (χ2n) is 8.00. The maximum Gasteiger partial charge on any atom is 0.138 e. The third kappa shape index (κ3) is 5.44. The minimum Gasteiger partial charge on any atom is -0.492 e. The van der Waals surface area contributed by atoms with Crippen LogP contribution in [0.25, 0.3) is 0 Å². The van der Waals surface area contributed by atoms with Crippen LogP contribution in [0.5, 0.6) is 5.75 Å². The molecule has 26 heavy (non-hydrogen) atoms. The Labute approximate surface area is 162 Å². The fraction of sp³-hybridized carbons (Fsp3) is 0.522. The molecule has 0 saturated heterocycles. The predicted molar refractivity (Wildman–Crippen MR) is 112 cm³/mol. The van der Waals surface area contributed by atoms with Crippen molar-refractivity contribution in [2.24, 2.45) is 5.41 Å². The number of ketones is 1. The van der Waals surface area contributed by atoms with Crippen LogP contribution in [0.2, 0.25) is 0 Å². The highest BCUT2D eigenvalue weighted by atomic mass is 32.1. The van der Waals surface area contributed by atoms with Crippen molar-refractivity contribution in [1.82, 2.24) is 0 Å². The van der Waals surface area contributed by atoms with Gasteiger partial charge in [0.15, 0.2) is 0 Å². The Bertz CT molecular complexity index is 742. The van der Waals surface area contributed by atoms with Crippen molar-refractivity contribution >= 4 is 17.1 Å². The number of hydrogen-bond donors (Lipinski definition) is 0. The summed E-state index contributed by atoms with van der Waals surface area (Å²) < 4.78 is 5.92. The lowest BCUT2D eigenvalue weighted by molar-refractivity contribution is -0.126. The zero-order valence-electron chi connectivity index (χ0n) is 17.0. The first-order valence-electron chi connectivity index (χ1n) is 9.51. The molecule has 0 saturated carbocycles. The molecule has 1 unspecified atom stereocenters. The fourth-order valence-electron chi connectivity index (χ4n) is 2.94. The van der Waals surface area contributed by atoms with E-state index in [0.717, 1.165) is 17.7 Å². The molecule has 1 atom stereocenters. The number of Topliss-reactive ketones (excluding diaryl/α,β-unsaturated/α-hetero) is 1. The second-order valence-corrected chi connectivity index (χ2v) is 8.94. The van der Waals surface area contributed by atoms with Crippen LogP contribution in [-0.2, 0) is 11.2 Å². The zero-order valence-corrected chi connectivity index (χ0v) is 17.8. The van der Waals surface area contributed by atoms with E-state index < -0.39 is 5.41 Å². The Morgan fingerprint density at radius 3 is 2.50 bits per heavy atom. The van der Waals surface area contributed by atoms with Crippen LogP contribution in [0.15, 0.2) is 29.6 Å². The molecular weight excluding hydrogens is 340 g/mol. The molecule has 2 aromatic rings. The molecule has 2 nitrogen and oxygen atoms in total. The van der Waals surface area contributed by atoms with Gasteiger partial charge in [-0.05, 0) is 94.0 Å². The summed E-state index contributed by atoms with van der Waals surface area (Å²) >= 11 is 1.89. The quantitative estimate of drug-likeness (QED) is 0.503. The van der Waals surface area contributed by atoms with Gasteiger partial charge >= 0.3 is 0 Å². The summed E-state index contributed by atoms with van der Waals surface area (Å²) in [6.45, 7) is 12.4. The number of thiophene rings is 1. The molecule has 0 radical (unpaired) electrons. The zero-order chi connectivity index (χ0) is 19.3. The topological polar surface area (TPSA) is 26.3 Å². The molecular formula is C23H32O2S. The highest BCUT2D eigenvalue weighted by Crippen LogP contribution is 2.31. The third-order valence-electron chi connectivity index (χ3n) is 5.21. The molecule has 142 valence electrons. The summed E-state index contributed by atoms with van der Waals surface area (Å²) in [5, 5.41) is 2.25. The van der Waals surface area contributed by atoms with Crippen LogP contribution in [0.3, 0.4) is 0 Å². The number of carbonyl (C=O) groups is 1. The lowest BCUT2D eigenvalue weighted by atomic mass is 9.90. The van der Waals surface area contributed by atoms with E-state index in [-0.39, 0.29) is 5.78 Å². The smallest absolute Gasteiger partial charge is 0.138 e. The molecule has 0 N–H and O–H groups in total. The first kappa shape index (κ1) is 20.7. The summed E-state index contributed by atoms with van der Waals surface area (Å²) in [6.07, 6.45) is 3.43. The number of aryl methyl sites for hydroxylation is 3. The summed E-state index contributed by atoms with van der Waals surface area (Å²) in [5.41, 5.74) is 3.42. The number of ether oxygens (including phenoxy) is 1. The van der Waals surface area contributed by atoms with Gasteiger partial charge in [-0.15, -0.1) is 11.3 Å². The first-order chi connectivity index (χ1) is 12.2. The SMILES string of the molecule is CCC(CCc1ccc(OCC(C)(C)C(C)=O)c(C)c1)c1cc(C)cs1. The van der Waals surface area contributed by atoms with Crippen LogP contribution >= 0.6 is 11.3 Å². The Kier molecular flexibility index (Phi) is 7.05. The van der Waals surface area contributed by atoms with Crippen molar-refractivity contribution < 1.29 is 9.53 Å². The molecule has 0 aliphatic heterocycles. The summed E-state index contributed by atoms with van der Waals surface area (Å²) in [5.74, 6) is 1.67. The Balaban J connectivity index is 1.97. The van der Waals surface area contributed by atoms with Crippen molar-refractivity contribution in [2.75, 3.05) is 6.61 Å². The van der Waals surface area contributed by atoms with Gasteiger partial charge in [-0.2, -0.15) is 0 Å². The van der Waals surface area contributed by atoms with E-state index in [0.29, 0.717) is 12.5 Å². The predicted octanol–water partition coefficient (Wildman–Crippen LogP) is 6.49. The molecule has 0 fully saturated rings. The minimum atomic E-state index is -0.446. The second kappa shape index (κ2) is 8.85. The average Bonchev–Trinajstić information content (AvgIpc) is 3.01. The van der Waals surface area contributed by atoms with Crippen molar-refractivity contribution in [1.29, 1.82) is 0 Å². The largest absolute Gasteiger partial charge is 0.492 e. The van der Waals surface area contributed by atoms with Crippen LogP contribution in [0, 0.1) is 19.3 Å². The molecule has 0 amide bonds. The van der Waals surface area contributed by atoms with Gasteiger partial charge in [0.2, 0.25) is 0 Å². The lowest BCUT2D eigenvalue weighted by Gasteiger charge is -2.22. The maximum atomic E-state index is 11.6. The number of rotatable bonds is 9. The number of benzene rings is 1. The van der Waals surface area contributed by atoms with E-state index in [1.807, 2.05) is 25.2 Å². The highest BCUT2D eigenvalue weighted by molar-refractivity contribution is 7.10. The van der Waals surface area contributed by atoms with Gasteiger partial charge in [0.25, 0.3) is 0 Å². The van der Waals surface area contributed by atoms with Crippen molar-refractivity contribution in [2.45, 2.75) is 66.7 Å². The molecule has 0 aliphatic carbocycles. The Morgan fingerprint density at radius 2 is 1.96 bits per heavy atom. The van der Waals surface area contributed by atoms with Gasteiger partial charge < -0.3 is 4.74 Å². The van der Waals surface area contributed by atoms with Gasteiger partial charge in [-0.3, -0.25) is 4.79 Å². The summed E-state index contributed by atoms with van der Waals surface area (Å²) in [7, 11) is 0. The van der Waals surface area contributed by atoms with Crippen molar-refractivity contribution in [3.05, 3.63) is 51.2 Å². The van der Waals surface area contributed by atoms with Crippen molar-refractivity contribution in [3.8, 4) is 5.75 Å². The highest BCUT2D eigenvalue weighted by Gasteiger charge is 2.24. The van der Waals surface area contributed by atoms with Crippen LogP contribution < -0.4 is 4.74 Å². The Hall–Kier alpha value is -1.61. The average molecular weight is 373 g/mol. The molecule has 0 aliphatic rings. The monoisotopic (exact) mass is 372 g/mol. The molecule has 2 rings (SSSR count). The number of hydrogen-bond acceptors (Lipinski definition) is 3. The van der Waals surface area contributed by atoms with Gasteiger partial charge in [0, 0.05) is 4.88 Å². The van der Waals surface area contributed by atoms with E-state index >= 15 is 0 Å². The normalized spacial score (nSPS) is 12.8. The van der Waals surface area contributed by atoms with Gasteiger partial charge in [-0.25, -0.2) is 0 Å². The van der Waals surface area contributed by atoms with Crippen LogP contribution in [-0.4, -0.2) is 12.4 Å². The van der Waals surface area contributed by atoms with Gasteiger partial charge in [-0.1, -0.05) is 19.1 Å². The summed E-state index contributed by atoms with van der Waals surface area (Å²) in [6, 6.07) is 8.77. The van der Waals surface area contributed by atoms with Crippen LogP contribution in [0.4, 0.5) is 0 Å². The summed E-state index contributed by atoms with van der Waals surface area (Å²) in [4.78, 5) is 13.2. The molecule has 1 aromatic heterocycles. The van der Waals surface area contributed by atoms with Gasteiger partial charge in [0.05, 0.1) is 5.41 Å².